The standard InChI is InChI=1S/C13H15BrN2OS/c1-8-3-11(14)4-10(5-15)13(8)17-6-12-16-9(2)7-18-12/h3-4,7H,5-6,15H2,1-2H3. The van der Waals surface area contributed by atoms with Crippen LogP contribution in [-0.2, 0) is 13.2 Å². The summed E-state index contributed by atoms with van der Waals surface area (Å²) in [5.41, 5.74) is 8.87. The van der Waals surface area contributed by atoms with E-state index in [4.69, 9.17) is 10.5 Å². The van der Waals surface area contributed by atoms with Crippen molar-refractivity contribution in [2.75, 3.05) is 0 Å². The van der Waals surface area contributed by atoms with Crippen LogP contribution in [0.1, 0.15) is 21.8 Å². The smallest absolute Gasteiger partial charge is 0.140 e. The Morgan fingerprint density at radius 1 is 1.39 bits per heavy atom. The third-order valence-electron chi connectivity index (χ3n) is 2.54. The second-order valence-corrected chi connectivity index (χ2v) is 5.94. The second kappa shape index (κ2) is 5.82. The molecule has 0 radical (unpaired) electrons. The van der Waals surface area contributed by atoms with Crippen LogP contribution in [0.25, 0.3) is 0 Å². The van der Waals surface area contributed by atoms with E-state index in [0.29, 0.717) is 13.2 Å². The number of nitrogens with two attached hydrogens (primary N) is 1. The summed E-state index contributed by atoms with van der Waals surface area (Å²) in [7, 11) is 0. The Labute approximate surface area is 119 Å². The Balaban J connectivity index is 2.18. The van der Waals surface area contributed by atoms with Crippen molar-refractivity contribution in [3.8, 4) is 5.75 Å². The van der Waals surface area contributed by atoms with Crippen molar-refractivity contribution >= 4 is 27.3 Å². The van der Waals surface area contributed by atoms with Crippen molar-refractivity contribution in [2.24, 2.45) is 5.73 Å². The average Bonchev–Trinajstić information content (AvgIpc) is 2.73. The minimum absolute atomic E-state index is 0.465. The highest BCUT2D eigenvalue weighted by atomic mass is 79.9. The summed E-state index contributed by atoms with van der Waals surface area (Å²) in [6.07, 6.45) is 0. The maximum Gasteiger partial charge on any atom is 0.140 e. The molecule has 0 aliphatic carbocycles. The zero-order chi connectivity index (χ0) is 13.1. The fourth-order valence-electron chi connectivity index (χ4n) is 1.76. The van der Waals surface area contributed by atoms with E-state index in [9.17, 15) is 0 Å². The van der Waals surface area contributed by atoms with E-state index in [2.05, 4.69) is 20.9 Å². The number of hydrogen-bond donors (Lipinski definition) is 1. The van der Waals surface area contributed by atoms with Gasteiger partial charge in [-0.2, -0.15) is 0 Å². The molecule has 3 nitrogen and oxygen atoms in total. The van der Waals surface area contributed by atoms with Crippen molar-refractivity contribution in [3.63, 3.8) is 0 Å². The lowest BCUT2D eigenvalue weighted by atomic mass is 10.1. The molecule has 96 valence electrons. The van der Waals surface area contributed by atoms with E-state index in [-0.39, 0.29) is 0 Å². The van der Waals surface area contributed by atoms with Crippen molar-refractivity contribution in [1.82, 2.24) is 4.98 Å². The van der Waals surface area contributed by atoms with Crippen LogP contribution in [-0.4, -0.2) is 4.98 Å². The number of hydrogen-bond acceptors (Lipinski definition) is 4. The van der Waals surface area contributed by atoms with E-state index in [1.54, 1.807) is 11.3 Å². The largest absolute Gasteiger partial charge is 0.486 e. The quantitative estimate of drug-likeness (QED) is 0.934. The molecule has 0 saturated heterocycles. The third-order valence-corrected chi connectivity index (χ3v) is 3.94. The van der Waals surface area contributed by atoms with Gasteiger partial charge in [0.2, 0.25) is 0 Å². The van der Waals surface area contributed by atoms with Gasteiger partial charge in [-0.1, -0.05) is 15.9 Å². The SMILES string of the molecule is Cc1csc(COc2c(C)cc(Br)cc2CN)n1. The molecule has 0 saturated carbocycles. The van der Waals surface area contributed by atoms with Crippen LogP contribution >= 0.6 is 27.3 Å². The molecule has 0 spiro atoms. The Morgan fingerprint density at radius 3 is 2.78 bits per heavy atom. The first kappa shape index (κ1) is 13.5. The topological polar surface area (TPSA) is 48.1 Å². The molecule has 2 aromatic rings. The number of thiazole rings is 1. The van der Waals surface area contributed by atoms with Gasteiger partial charge in [-0.05, 0) is 31.5 Å². The van der Waals surface area contributed by atoms with Crippen LogP contribution in [0.5, 0.6) is 5.75 Å². The fourth-order valence-corrected chi connectivity index (χ4v) is 3.06. The minimum atomic E-state index is 0.465. The molecule has 0 aliphatic rings. The highest BCUT2D eigenvalue weighted by Gasteiger charge is 2.09. The van der Waals surface area contributed by atoms with Gasteiger partial charge in [-0.25, -0.2) is 4.98 Å². The van der Waals surface area contributed by atoms with Crippen LogP contribution in [0, 0.1) is 13.8 Å². The molecule has 0 aliphatic heterocycles. The Bertz CT molecular complexity index is 554. The van der Waals surface area contributed by atoms with Gasteiger partial charge in [0.25, 0.3) is 0 Å². The minimum Gasteiger partial charge on any atom is -0.486 e. The van der Waals surface area contributed by atoms with Gasteiger partial charge in [0, 0.05) is 27.7 Å². The van der Waals surface area contributed by atoms with E-state index in [1.807, 2.05) is 31.4 Å². The number of ether oxygens (including phenoxy) is 1. The summed E-state index contributed by atoms with van der Waals surface area (Å²) >= 11 is 5.08. The van der Waals surface area contributed by atoms with E-state index in [1.165, 1.54) is 0 Å². The number of aromatic nitrogens is 1. The Kier molecular flexibility index (Phi) is 4.37. The molecule has 1 aromatic heterocycles. The summed E-state index contributed by atoms with van der Waals surface area (Å²) in [5.74, 6) is 0.869. The van der Waals surface area contributed by atoms with E-state index in [0.717, 1.165) is 32.1 Å². The molecule has 0 bridgehead atoms. The Morgan fingerprint density at radius 2 is 2.17 bits per heavy atom. The fraction of sp³-hybridized carbons (Fsp3) is 0.308. The molecular formula is C13H15BrN2OS. The number of aryl methyl sites for hydroxylation is 2. The van der Waals surface area contributed by atoms with Crippen LogP contribution in [0.15, 0.2) is 22.0 Å². The highest BCUT2D eigenvalue weighted by Crippen LogP contribution is 2.28. The number of halogens is 1. The molecule has 18 heavy (non-hydrogen) atoms. The third kappa shape index (κ3) is 3.10. The monoisotopic (exact) mass is 326 g/mol. The lowest BCUT2D eigenvalue weighted by molar-refractivity contribution is 0.300. The van der Waals surface area contributed by atoms with Crippen LogP contribution in [0.2, 0.25) is 0 Å². The number of nitrogens with zero attached hydrogens (tertiary/aromatic N) is 1. The van der Waals surface area contributed by atoms with Gasteiger partial charge in [0.05, 0.1) is 0 Å². The molecule has 0 atom stereocenters. The zero-order valence-electron chi connectivity index (χ0n) is 10.4. The van der Waals surface area contributed by atoms with Gasteiger partial charge in [-0.3, -0.25) is 0 Å². The lowest BCUT2D eigenvalue weighted by Gasteiger charge is -2.13. The first-order valence-corrected chi connectivity index (χ1v) is 7.30. The number of rotatable bonds is 4. The predicted molar refractivity (Wildman–Crippen MR) is 78.0 cm³/mol. The van der Waals surface area contributed by atoms with Crippen molar-refractivity contribution in [1.29, 1.82) is 0 Å². The van der Waals surface area contributed by atoms with Crippen LogP contribution in [0.4, 0.5) is 0 Å². The highest BCUT2D eigenvalue weighted by molar-refractivity contribution is 9.10. The van der Waals surface area contributed by atoms with Gasteiger partial charge in [-0.15, -0.1) is 11.3 Å². The molecule has 5 heteroatoms. The second-order valence-electron chi connectivity index (χ2n) is 4.09. The van der Waals surface area contributed by atoms with E-state index < -0.39 is 0 Å². The van der Waals surface area contributed by atoms with Crippen molar-refractivity contribution < 1.29 is 4.74 Å². The van der Waals surface area contributed by atoms with Crippen LogP contribution in [0.3, 0.4) is 0 Å². The molecule has 0 unspecified atom stereocenters. The predicted octanol–water partition coefficient (Wildman–Crippen LogP) is 3.56. The Hall–Kier alpha value is -0.910. The molecule has 1 aromatic carbocycles. The van der Waals surface area contributed by atoms with Crippen molar-refractivity contribution in [3.05, 3.63) is 43.8 Å². The van der Waals surface area contributed by atoms with Gasteiger partial charge < -0.3 is 10.5 Å². The summed E-state index contributed by atoms with van der Waals surface area (Å²) in [4.78, 5) is 4.38. The summed E-state index contributed by atoms with van der Waals surface area (Å²) in [5, 5.41) is 3.01. The molecule has 1 heterocycles. The molecule has 2 rings (SSSR count). The maximum atomic E-state index is 5.86. The molecule has 0 fully saturated rings. The lowest BCUT2D eigenvalue weighted by Crippen LogP contribution is -2.04. The van der Waals surface area contributed by atoms with Gasteiger partial charge >= 0.3 is 0 Å². The molecular weight excluding hydrogens is 312 g/mol. The van der Waals surface area contributed by atoms with Crippen LogP contribution < -0.4 is 10.5 Å². The van der Waals surface area contributed by atoms with Crippen molar-refractivity contribution in [2.45, 2.75) is 27.0 Å². The summed E-state index contributed by atoms with van der Waals surface area (Å²) < 4.78 is 6.89. The maximum absolute atomic E-state index is 5.86. The summed E-state index contributed by atoms with van der Waals surface area (Å²) in [6, 6.07) is 4.02. The first-order valence-electron chi connectivity index (χ1n) is 5.63. The normalized spacial score (nSPS) is 10.7. The van der Waals surface area contributed by atoms with Gasteiger partial charge in [0.1, 0.15) is 17.4 Å². The first-order chi connectivity index (χ1) is 8.60. The number of benzene rings is 1. The van der Waals surface area contributed by atoms with E-state index >= 15 is 0 Å². The average molecular weight is 327 g/mol. The zero-order valence-corrected chi connectivity index (χ0v) is 12.8. The molecule has 0 amide bonds. The summed E-state index contributed by atoms with van der Waals surface area (Å²) in [6.45, 7) is 4.96. The molecule has 2 N–H and O–H groups in total. The van der Waals surface area contributed by atoms with Gasteiger partial charge in [0.15, 0.2) is 0 Å².